The van der Waals surface area contributed by atoms with Gasteiger partial charge >= 0.3 is 11.9 Å². The second-order valence-corrected chi connectivity index (χ2v) is 20.0. The highest BCUT2D eigenvalue weighted by Gasteiger charge is 2.75. The van der Waals surface area contributed by atoms with Crippen LogP contribution in [0.5, 0.6) is 0 Å². The van der Waals surface area contributed by atoms with Crippen molar-refractivity contribution in [1.82, 2.24) is 4.90 Å². The van der Waals surface area contributed by atoms with Crippen LogP contribution in [0.4, 0.5) is 0 Å². The number of hydrogen-bond acceptors (Lipinski definition) is 10. The van der Waals surface area contributed by atoms with Crippen LogP contribution in [0.1, 0.15) is 127 Å². The fraction of sp³-hybridized carbons (Fsp3) is 0.951. The van der Waals surface area contributed by atoms with Gasteiger partial charge in [0.1, 0.15) is 6.04 Å². The fourth-order valence-electron chi connectivity index (χ4n) is 13.3. The SMILES string of the molecule is CC(=O)OC(C1CC(C)C2C(O1)C(O)C(C)(C)C2(C)CCC12CCCC3C(C)(C)C(OC4CN(C5CCOC5=O)CCO4)CCC31C2)C(C)(C)O. The molecular formula is C41H67NO9. The van der Waals surface area contributed by atoms with Crippen molar-refractivity contribution in [2.45, 2.75) is 175 Å². The van der Waals surface area contributed by atoms with Crippen molar-refractivity contribution in [3.8, 4) is 0 Å². The van der Waals surface area contributed by atoms with Gasteiger partial charge in [-0.2, -0.15) is 0 Å². The molecule has 3 saturated heterocycles. The van der Waals surface area contributed by atoms with E-state index in [1.54, 1.807) is 13.8 Å². The van der Waals surface area contributed by atoms with Crippen molar-refractivity contribution >= 4 is 11.9 Å². The van der Waals surface area contributed by atoms with Crippen molar-refractivity contribution in [1.29, 1.82) is 0 Å². The Morgan fingerprint density at radius 1 is 1.08 bits per heavy atom. The summed E-state index contributed by atoms with van der Waals surface area (Å²) >= 11 is 0. The average Bonchev–Trinajstić information content (AvgIpc) is 3.47. The van der Waals surface area contributed by atoms with Crippen LogP contribution < -0.4 is 0 Å². The molecular weight excluding hydrogens is 650 g/mol. The molecule has 1 spiro atoms. The molecule has 2 N–H and O–H groups in total. The van der Waals surface area contributed by atoms with Gasteiger partial charge in [0.2, 0.25) is 0 Å². The topological polar surface area (TPSA) is 124 Å². The number of carbonyl (C=O) groups excluding carboxylic acids is 2. The Balaban J connectivity index is 1.04. The first-order valence-electron chi connectivity index (χ1n) is 20.2. The number of rotatable bonds is 9. The molecule has 13 unspecified atom stereocenters. The van der Waals surface area contributed by atoms with E-state index in [0.29, 0.717) is 42.9 Å². The third-order valence-corrected chi connectivity index (χ3v) is 16.3. The quantitative estimate of drug-likeness (QED) is 0.290. The maximum Gasteiger partial charge on any atom is 0.323 e. The zero-order valence-electron chi connectivity index (χ0n) is 32.9. The first kappa shape index (κ1) is 38.0. The van der Waals surface area contributed by atoms with Crippen LogP contribution in [0.25, 0.3) is 0 Å². The molecule has 290 valence electrons. The molecule has 0 aromatic carbocycles. The Morgan fingerprint density at radius 3 is 2.49 bits per heavy atom. The largest absolute Gasteiger partial charge is 0.464 e. The number of carbonyl (C=O) groups is 2. The minimum Gasteiger partial charge on any atom is -0.464 e. The highest BCUT2D eigenvalue weighted by atomic mass is 16.7. The molecule has 0 radical (unpaired) electrons. The third kappa shape index (κ3) is 6.03. The number of nitrogens with zero attached hydrogens (tertiary/aromatic N) is 1. The second kappa shape index (κ2) is 12.9. The first-order valence-corrected chi connectivity index (χ1v) is 20.2. The van der Waals surface area contributed by atoms with Gasteiger partial charge in [-0.3, -0.25) is 14.5 Å². The van der Waals surface area contributed by atoms with E-state index in [1.807, 2.05) is 0 Å². The van der Waals surface area contributed by atoms with Crippen LogP contribution in [0, 0.1) is 44.8 Å². The maximum absolute atomic E-state index is 12.3. The molecule has 0 aromatic heterocycles. The molecule has 7 fully saturated rings. The maximum atomic E-state index is 12.3. The Hall–Kier alpha value is -1.30. The summed E-state index contributed by atoms with van der Waals surface area (Å²) in [5, 5.41) is 22.9. The standard InChI is InChI=1S/C41H67NO9/c1-24-21-27(34(38(7,8)46)49-25(2)43)50-32-31(24)39(9,37(5,6)33(32)44)16-17-40-14-10-11-28-36(3,4)29(12-15-41(28,40)23-40)51-30-22-42(18-20-47-30)26-13-19-48-35(26)45/h24,26-34,44,46H,10-23H2,1-9H3. The lowest BCUT2D eigenvalue weighted by molar-refractivity contribution is -0.244. The molecule has 10 heteroatoms. The van der Waals surface area contributed by atoms with Crippen molar-refractivity contribution < 1.29 is 43.5 Å². The van der Waals surface area contributed by atoms with Crippen LogP contribution in [0.3, 0.4) is 0 Å². The molecule has 4 saturated carbocycles. The van der Waals surface area contributed by atoms with Gasteiger partial charge in [0.25, 0.3) is 0 Å². The zero-order valence-corrected chi connectivity index (χ0v) is 32.9. The zero-order chi connectivity index (χ0) is 36.9. The van der Waals surface area contributed by atoms with E-state index in [-0.39, 0.29) is 58.6 Å². The lowest BCUT2D eigenvalue weighted by atomic mass is 9.52. The molecule has 4 aliphatic carbocycles. The van der Waals surface area contributed by atoms with Crippen molar-refractivity contribution in [2.75, 3.05) is 26.3 Å². The van der Waals surface area contributed by atoms with E-state index in [1.165, 1.54) is 39.0 Å². The van der Waals surface area contributed by atoms with Crippen LogP contribution in [-0.2, 0) is 33.3 Å². The molecule has 3 aliphatic heterocycles. The number of ether oxygens (including phenoxy) is 5. The summed E-state index contributed by atoms with van der Waals surface area (Å²) in [5.74, 6) is 0.416. The number of esters is 2. The van der Waals surface area contributed by atoms with E-state index in [4.69, 9.17) is 23.7 Å². The molecule has 0 aromatic rings. The predicted octanol–water partition coefficient (Wildman–Crippen LogP) is 5.64. The Labute approximate surface area is 306 Å². The number of cyclic esters (lactones) is 1. The Morgan fingerprint density at radius 2 is 1.82 bits per heavy atom. The normalized spacial score (nSPS) is 46.7. The summed E-state index contributed by atoms with van der Waals surface area (Å²) in [7, 11) is 0. The van der Waals surface area contributed by atoms with E-state index in [2.05, 4.69) is 46.4 Å². The molecule has 0 bridgehead atoms. The lowest BCUT2D eigenvalue weighted by Crippen LogP contribution is -2.55. The summed E-state index contributed by atoms with van der Waals surface area (Å²) in [5.41, 5.74) is -1.13. The van der Waals surface area contributed by atoms with Gasteiger partial charge in [0.15, 0.2) is 12.4 Å². The van der Waals surface area contributed by atoms with Gasteiger partial charge in [-0.1, -0.05) is 48.0 Å². The monoisotopic (exact) mass is 717 g/mol. The van der Waals surface area contributed by atoms with Crippen LogP contribution in [-0.4, -0.2) is 102 Å². The minimum absolute atomic E-state index is 0.00979. The van der Waals surface area contributed by atoms with E-state index >= 15 is 0 Å². The van der Waals surface area contributed by atoms with Crippen LogP contribution in [0.2, 0.25) is 0 Å². The van der Waals surface area contributed by atoms with E-state index in [0.717, 1.165) is 32.2 Å². The fourth-order valence-corrected chi connectivity index (χ4v) is 13.3. The summed E-state index contributed by atoms with van der Waals surface area (Å²) in [4.78, 5) is 26.5. The highest BCUT2D eigenvalue weighted by Crippen LogP contribution is 2.82. The van der Waals surface area contributed by atoms with E-state index < -0.39 is 29.9 Å². The smallest absolute Gasteiger partial charge is 0.323 e. The summed E-state index contributed by atoms with van der Waals surface area (Å²) < 4.78 is 30.6. The average molecular weight is 718 g/mol. The van der Waals surface area contributed by atoms with Gasteiger partial charge in [-0.05, 0) is 110 Å². The van der Waals surface area contributed by atoms with Crippen molar-refractivity contribution in [2.24, 2.45) is 44.8 Å². The van der Waals surface area contributed by atoms with Gasteiger partial charge in [0, 0.05) is 19.9 Å². The van der Waals surface area contributed by atoms with Crippen molar-refractivity contribution in [3.63, 3.8) is 0 Å². The van der Waals surface area contributed by atoms with Crippen LogP contribution in [0.15, 0.2) is 0 Å². The predicted molar refractivity (Wildman–Crippen MR) is 190 cm³/mol. The van der Waals surface area contributed by atoms with Gasteiger partial charge in [-0.15, -0.1) is 0 Å². The number of morpholine rings is 1. The van der Waals surface area contributed by atoms with Gasteiger partial charge < -0.3 is 33.9 Å². The lowest BCUT2D eigenvalue weighted by Gasteiger charge is -2.55. The molecule has 13 atom stereocenters. The first-order chi connectivity index (χ1) is 23.8. The third-order valence-electron chi connectivity index (χ3n) is 16.3. The number of hydrogen-bond donors (Lipinski definition) is 2. The number of aliphatic hydroxyl groups excluding tert-OH is 1. The molecule has 3 heterocycles. The molecule has 51 heavy (non-hydrogen) atoms. The summed E-state index contributed by atoms with van der Waals surface area (Å²) in [6, 6.07) is -0.175. The molecule has 7 rings (SSSR count). The Kier molecular flexibility index (Phi) is 9.61. The van der Waals surface area contributed by atoms with Crippen molar-refractivity contribution in [3.05, 3.63) is 0 Å². The minimum atomic E-state index is -1.27. The molecule has 0 amide bonds. The van der Waals surface area contributed by atoms with Crippen LogP contribution >= 0.6 is 0 Å². The Bertz CT molecular complexity index is 1340. The number of aliphatic hydroxyl groups is 2. The molecule has 7 aliphatic rings. The highest BCUT2D eigenvalue weighted by molar-refractivity contribution is 5.77. The van der Waals surface area contributed by atoms with Gasteiger partial charge in [0.05, 0.1) is 49.8 Å². The second-order valence-electron chi connectivity index (χ2n) is 20.0. The summed E-state index contributed by atoms with van der Waals surface area (Å²) in [6.07, 6.45) is 8.33. The van der Waals surface area contributed by atoms with Gasteiger partial charge in [-0.25, -0.2) is 0 Å². The summed E-state index contributed by atoms with van der Waals surface area (Å²) in [6.45, 7) is 21.1. The van der Waals surface area contributed by atoms with E-state index in [9.17, 15) is 19.8 Å². The molecule has 10 nitrogen and oxygen atoms in total. The number of fused-ring (bicyclic) bond motifs is 1.